The van der Waals surface area contributed by atoms with Crippen molar-refractivity contribution in [2.75, 3.05) is 25.0 Å². The molecule has 0 radical (unpaired) electrons. The van der Waals surface area contributed by atoms with Crippen LogP contribution in [0, 0.1) is 18.3 Å². The van der Waals surface area contributed by atoms with E-state index in [2.05, 4.69) is 6.07 Å². The van der Waals surface area contributed by atoms with Crippen molar-refractivity contribution in [3.63, 3.8) is 0 Å². The number of nitrogens with two attached hydrogens (primary N) is 1. The number of benzene rings is 1. The monoisotopic (exact) mass is 189 g/mol. The van der Waals surface area contributed by atoms with E-state index in [-0.39, 0.29) is 0 Å². The maximum absolute atomic E-state index is 8.95. The zero-order chi connectivity index (χ0) is 10.6. The molecule has 0 aliphatic carbocycles. The molecule has 0 unspecified atom stereocenters. The van der Waals surface area contributed by atoms with Gasteiger partial charge in [0.1, 0.15) is 6.07 Å². The standard InChI is InChI=1S/C11H15N3/c1-9-4-3-5-10(8-13)11(9)14(2)7-6-12/h3-5H,6-7,12H2,1-2H3. The summed E-state index contributed by atoms with van der Waals surface area (Å²) < 4.78 is 0. The van der Waals surface area contributed by atoms with Crippen LogP contribution in [0.5, 0.6) is 0 Å². The average molecular weight is 189 g/mol. The number of aryl methyl sites for hydroxylation is 1. The number of para-hydroxylation sites is 1. The number of hydrogen-bond donors (Lipinski definition) is 1. The predicted octanol–water partition coefficient (Wildman–Crippen LogP) is 1.26. The molecule has 0 amide bonds. The van der Waals surface area contributed by atoms with Gasteiger partial charge >= 0.3 is 0 Å². The van der Waals surface area contributed by atoms with Gasteiger partial charge in [-0.25, -0.2) is 0 Å². The van der Waals surface area contributed by atoms with Crippen LogP contribution in [-0.4, -0.2) is 20.1 Å². The molecule has 0 atom stereocenters. The summed E-state index contributed by atoms with van der Waals surface area (Å²) in [5, 5.41) is 8.95. The lowest BCUT2D eigenvalue weighted by Crippen LogP contribution is -2.26. The Balaban J connectivity index is 3.11. The molecule has 3 heteroatoms. The first-order chi connectivity index (χ1) is 6.70. The minimum Gasteiger partial charge on any atom is -0.372 e. The molecule has 0 saturated heterocycles. The summed E-state index contributed by atoms with van der Waals surface area (Å²) in [4.78, 5) is 2.02. The Morgan fingerprint density at radius 1 is 1.50 bits per heavy atom. The maximum Gasteiger partial charge on any atom is 0.101 e. The van der Waals surface area contributed by atoms with E-state index in [0.29, 0.717) is 12.1 Å². The Morgan fingerprint density at radius 3 is 2.79 bits per heavy atom. The van der Waals surface area contributed by atoms with Crippen molar-refractivity contribution in [2.24, 2.45) is 5.73 Å². The number of likely N-dealkylation sites (N-methyl/N-ethyl adjacent to an activating group) is 1. The maximum atomic E-state index is 8.95. The van der Waals surface area contributed by atoms with E-state index in [1.807, 2.05) is 37.1 Å². The van der Waals surface area contributed by atoms with Crippen molar-refractivity contribution in [1.82, 2.24) is 0 Å². The number of rotatable bonds is 3. The molecule has 3 nitrogen and oxygen atoms in total. The van der Waals surface area contributed by atoms with Crippen molar-refractivity contribution in [3.8, 4) is 6.07 Å². The fourth-order valence-electron chi connectivity index (χ4n) is 1.56. The van der Waals surface area contributed by atoms with Gasteiger partial charge in [0.05, 0.1) is 11.3 Å². The molecule has 0 aliphatic heterocycles. The van der Waals surface area contributed by atoms with E-state index in [1.54, 1.807) is 0 Å². The van der Waals surface area contributed by atoms with Crippen molar-refractivity contribution in [3.05, 3.63) is 29.3 Å². The average Bonchev–Trinajstić information content (AvgIpc) is 2.17. The zero-order valence-electron chi connectivity index (χ0n) is 8.62. The fraction of sp³-hybridized carbons (Fsp3) is 0.364. The summed E-state index contributed by atoms with van der Waals surface area (Å²) >= 11 is 0. The van der Waals surface area contributed by atoms with Crippen LogP contribution < -0.4 is 10.6 Å². The number of hydrogen-bond acceptors (Lipinski definition) is 3. The van der Waals surface area contributed by atoms with Gasteiger partial charge in [-0.05, 0) is 18.6 Å². The molecule has 0 spiro atoms. The molecule has 1 aromatic carbocycles. The predicted molar refractivity (Wildman–Crippen MR) is 58.2 cm³/mol. The summed E-state index contributed by atoms with van der Waals surface area (Å²) in [5.41, 5.74) is 8.29. The second-order valence-electron chi connectivity index (χ2n) is 3.29. The van der Waals surface area contributed by atoms with Crippen LogP contribution in [0.15, 0.2) is 18.2 Å². The Bertz CT molecular complexity index is 352. The number of nitriles is 1. The van der Waals surface area contributed by atoms with Gasteiger partial charge in [0, 0.05) is 20.1 Å². The molecule has 74 valence electrons. The second kappa shape index (κ2) is 4.64. The van der Waals surface area contributed by atoms with E-state index >= 15 is 0 Å². The first-order valence-corrected chi connectivity index (χ1v) is 4.61. The molecular formula is C11H15N3. The molecule has 0 bridgehead atoms. The number of anilines is 1. The molecule has 2 N–H and O–H groups in total. The van der Waals surface area contributed by atoms with Gasteiger partial charge in [0.15, 0.2) is 0 Å². The number of nitrogens with zero attached hydrogens (tertiary/aromatic N) is 2. The molecular weight excluding hydrogens is 174 g/mol. The Labute approximate surface area is 84.7 Å². The van der Waals surface area contributed by atoms with Crippen molar-refractivity contribution in [2.45, 2.75) is 6.92 Å². The van der Waals surface area contributed by atoms with E-state index < -0.39 is 0 Å². The first kappa shape index (κ1) is 10.6. The smallest absolute Gasteiger partial charge is 0.101 e. The highest BCUT2D eigenvalue weighted by Crippen LogP contribution is 2.22. The minimum absolute atomic E-state index is 0.593. The molecule has 14 heavy (non-hydrogen) atoms. The summed E-state index contributed by atoms with van der Waals surface area (Å²) in [5.74, 6) is 0. The van der Waals surface area contributed by atoms with Crippen LogP contribution in [0.2, 0.25) is 0 Å². The molecule has 1 aromatic rings. The topological polar surface area (TPSA) is 53.0 Å². The van der Waals surface area contributed by atoms with Crippen LogP contribution in [0.3, 0.4) is 0 Å². The molecule has 1 rings (SSSR count). The van der Waals surface area contributed by atoms with Crippen molar-refractivity contribution >= 4 is 5.69 Å². The van der Waals surface area contributed by atoms with Gasteiger partial charge in [0.25, 0.3) is 0 Å². The molecule has 0 fully saturated rings. The Morgan fingerprint density at radius 2 is 2.21 bits per heavy atom. The summed E-state index contributed by atoms with van der Waals surface area (Å²) in [7, 11) is 1.95. The van der Waals surface area contributed by atoms with E-state index in [9.17, 15) is 0 Å². The highest BCUT2D eigenvalue weighted by Gasteiger charge is 2.08. The Hall–Kier alpha value is -1.53. The highest BCUT2D eigenvalue weighted by molar-refractivity contribution is 5.63. The fourth-order valence-corrected chi connectivity index (χ4v) is 1.56. The van der Waals surface area contributed by atoms with Crippen LogP contribution in [0.1, 0.15) is 11.1 Å². The van der Waals surface area contributed by atoms with Gasteiger partial charge < -0.3 is 10.6 Å². The van der Waals surface area contributed by atoms with E-state index in [1.165, 1.54) is 0 Å². The third kappa shape index (κ3) is 2.04. The van der Waals surface area contributed by atoms with Gasteiger partial charge in [-0.2, -0.15) is 5.26 Å². The van der Waals surface area contributed by atoms with Crippen molar-refractivity contribution < 1.29 is 0 Å². The summed E-state index contributed by atoms with van der Waals surface area (Å²) in [6.07, 6.45) is 0. The summed E-state index contributed by atoms with van der Waals surface area (Å²) in [6.45, 7) is 3.36. The Kier molecular flexibility index (Phi) is 3.49. The third-order valence-electron chi connectivity index (χ3n) is 2.20. The lowest BCUT2D eigenvalue weighted by Gasteiger charge is -2.21. The molecule has 0 heterocycles. The highest BCUT2D eigenvalue weighted by atomic mass is 15.1. The van der Waals surface area contributed by atoms with Gasteiger partial charge in [0.2, 0.25) is 0 Å². The SMILES string of the molecule is Cc1cccc(C#N)c1N(C)CCN. The normalized spacial score (nSPS) is 9.57. The van der Waals surface area contributed by atoms with Crippen molar-refractivity contribution in [1.29, 1.82) is 5.26 Å². The van der Waals surface area contributed by atoms with E-state index in [4.69, 9.17) is 11.0 Å². The third-order valence-corrected chi connectivity index (χ3v) is 2.20. The lowest BCUT2D eigenvalue weighted by molar-refractivity contribution is 0.880. The zero-order valence-corrected chi connectivity index (χ0v) is 8.62. The minimum atomic E-state index is 0.593. The van der Waals surface area contributed by atoms with Gasteiger partial charge in [-0.1, -0.05) is 12.1 Å². The van der Waals surface area contributed by atoms with Crippen LogP contribution in [0.25, 0.3) is 0 Å². The largest absolute Gasteiger partial charge is 0.372 e. The second-order valence-corrected chi connectivity index (χ2v) is 3.29. The lowest BCUT2D eigenvalue weighted by atomic mass is 10.1. The van der Waals surface area contributed by atoms with Crippen LogP contribution in [-0.2, 0) is 0 Å². The van der Waals surface area contributed by atoms with Crippen LogP contribution >= 0.6 is 0 Å². The van der Waals surface area contributed by atoms with Gasteiger partial charge in [-0.15, -0.1) is 0 Å². The first-order valence-electron chi connectivity index (χ1n) is 4.61. The molecule has 0 saturated carbocycles. The molecule has 0 aromatic heterocycles. The summed E-state index contributed by atoms with van der Waals surface area (Å²) in [6, 6.07) is 7.92. The molecule has 0 aliphatic rings. The van der Waals surface area contributed by atoms with Crippen LogP contribution in [0.4, 0.5) is 5.69 Å². The van der Waals surface area contributed by atoms with Gasteiger partial charge in [-0.3, -0.25) is 0 Å². The van der Waals surface area contributed by atoms with E-state index in [0.717, 1.165) is 17.8 Å². The quantitative estimate of drug-likeness (QED) is 0.778.